The molecule has 10 heavy (non-hydrogen) atoms. The lowest BCUT2D eigenvalue weighted by Crippen LogP contribution is -2.53. The van der Waals surface area contributed by atoms with Crippen LogP contribution >= 0.6 is 0 Å². The van der Waals surface area contributed by atoms with Crippen LogP contribution in [0.3, 0.4) is 0 Å². The van der Waals surface area contributed by atoms with Gasteiger partial charge in [0.25, 0.3) is 0 Å². The molecule has 0 aromatic heterocycles. The molecule has 2 heterocycles. The maximum absolute atomic E-state index is 3.30. The molecule has 0 amide bonds. The highest BCUT2D eigenvalue weighted by Crippen LogP contribution is 2.31. The van der Waals surface area contributed by atoms with E-state index in [0.29, 0.717) is 18.1 Å². The molecule has 1 aliphatic carbocycles. The molecule has 4 heteroatoms. The van der Waals surface area contributed by atoms with Gasteiger partial charge in [0.1, 0.15) is 0 Å². The lowest BCUT2D eigenvalue weighted by atomic mass is 10.0. The quantitative estimate of drug-likeness (QED) is 0.325. The predicted molar refractivity (Wildman–Crippen MR) is 36.9 cm³/mol. The average molecular weight is 140 g/mol. The molecular weight excluding hydrogens is 128 g/mol. The standard InChI is InChI=1S/C6H12N4/c1-4-3-2-7-10-6(3)5(1)9-8-4/h3-10H,1-2H2/t3-,4-,5-,6-/m1/s1. The predicted octanol–water partition coefficient (Wildman–Crippen LogP) is -1.67. The molecule has 1 saturated carbocycles. The Morgan fingerprint density at radius 1 is 1.00 bits per heavy atom. The second kappa shape index (κ2) is 1.71. The zero-order valence-electron chi connectivity index (χ0n) is 5.72. The number of hydrogen-bond donors (Lipinski definition) is 4. The van der Waals surface area contributed by atoms with Crippen LogP contribution in [0.25, 0.3) is 0 Å². The maximum atomic E-state index is 3.30. The van der Waals surface area contributed by atoms with Crippen molar-refractivity contribution in [2.45, 2.75) is 24.5 Å². The van der Waals surface area contributed by atoms with Crippen LogP contribution in [-0.2, 0) is 0 Å². The van der Waals surface area contributed by atoms with E-state index in [-0.39, 0.29) is 0 Å². The molecule has 0 unspecified atom stereocenters. The Bertz CT molecular complexity index is 144. The molecule has 4 nitrogen and oxygen atoms in total. The second-order valence-electron chi connectivity index (χ2n) is 3.45. The summed E-state index contributed by atoms with van der Waals surface area (Å²) in [5, 5.41) is 0. The minimum atomic E-state index is 0.657. The molecule has 0 radical (unpaired) electrons. The molecule has 0 aromatic rings. The van der Waals surface area contributed by atoms with Gasteiger partial charge in [-0.3, -0.25) is 21.7 Å². The number of rotatable bonds is 0. The van der Waals surface area contributed by atoms with Gasteiger partial charge in [0.05, 0.1) is 0 Å². The highest BCUT2D eigenvalue weighted by Gasteiger charge is 2.49. The van der Waals surface area contributed by atoms with E-state index in [2.05, 4.69) is 21.7 Å². The molecule has 4 N–H and O–H groups in total. The van der Waals surface area contributed by atoms with Crippen LogP contribution in [-0.4, -0.2) is 24.7 Å². The minimum Gasteiger partial charge on any atom is -0.257 e. The largest absolute Gasteiger partial charge is 0.257 e. The van der Waals surface area contributed by atoms with Crippen molar-refractivity contribution in [3.8, 4) is 0 Å². The number of fused-ring (bicyclic) bond motifs is 5. The molecule has 4 atom stereocenters. The first-order valence-corrected chi connectivity index (χ1v) is 3.94. The third-order valence-corrected chi connectivity index (χ3v) is 2.98. The van der Waals surface area contributed by atoms with Crippen molar-refractivity contribution in [1.29, 1.82) is 0 Å². The van der Waals surface area contributed by atoms with Gasteiger partial charge in [0, 0.05) is 30.6 Å². The summed E-state index contributed by atoms with van der Waals surface area (Å²) < 4.78 is 0. The summed E-state index contributed by atoms with van der Waals surface area (Å²) in [5.74, 6) is 0.811. The summed E-state index contributed by atoms with van der Waals surface area (Å²) >= 11 is 0. The Morgan fingerprint density at radius 2 is 1.90 bits per heavy atom. The van der Waals surface area contributed by atoms with Gasteiger partial charge in [-0.2, -0.15) is 0 Å². The fourth-order valence-electron chi connectivity index (χ4n) is 2.44. The molecule has 2 bridgehead atoms. The fraction of sp³-hybridized carbons (Fsp3) is 1.00. The molecule has 3 rings (SSSR count). The fourth-order valence-corrected chi connectivity index (χ4v) is 2.44. The van der Waals surface area contributed by atoms with Crippen molar-refractivity contribution in [2.75, 3.05) is 6.54 Å². The Kier molecular flexibility index (Phi) is 0.936. The Labute approximate surface area is 59.7 Å². The van der Waals surface area contributed by atoms with Gasteiger partial charge in [0.15, 0.2) is 0 Å². The van der Waals surface area contributed by atoms with E-state index in [9.17, 15) is 0 Å². The van der Waals surface area contributed by atoms with Gasteiger partial charge in [-0.25, -0.2) is 0 Å². The van der Waals surface area contributed by atoms with Gasteiger partial charge in [-0.15, -0.1) is 0 Å². The Balaban J connectivity index is 1.92. The number of hydrazine groups is 2. The molecular formula is C6H12N4. The molecule has 2 saturated heterocycles. The highest BCUT2D eigenvalue weighted by molar-refractivity contribution is 5.08. The van der Waals surface area contributed by atoms with E-state index >= 15 is 0 Å². The molecule has 0 aromatic carbocycles. The van der Waals surface area contributed by atoms with Crippen LogP contribution in [0, 0.1) is 5.92 Å². The van der Waals surface area contributed by atoms with Crippen LogP contribution in [0.5, 0.6) is 0 Å². The summed E-state index contributed by atoms with van der Waals surface area (Å²) in [6.45, 7) is 1.13. The lowest BCUT2D eigenvalue weighted by Gasteiger charge is -2.24. The first-order chi connectivity index (χ1) is 4.95. The average Bonchev–Trinajstić information content (AvgIpc) is 2.60. The SMILES string of the molecule is C1NN[C@@H]2[C@H]1[C@H]1C[C@H]2NN1. The molecule has 0 spiro atoms. The van der Waals surface area contributed by atoms with E-state index in [0.717, 1.165) is 12.5 Å². The Hall–Kier alpha value is -0.160. The van der Waals surface area contributed by atoms with Crippen LogP contribution in [0.15, 0.2) is 0 Å². The number of nitrogens with one attached hydrogen (secondary N) is 4. The van der Waals surface area contributed by atoms with Crippen molar-refractivity contribution in [3.63, 3.8) is 0 Å². The van der Waals surface area contributed by atoms with Crippen molar-refractivity contribution in [1.82, 2.24) is 21.7 Å². The van der Waals surface area contributed by atoms with Crippen molar-refractivity contribution < 1.29 is 0 Å². The van der Waals surface area contributed by atoms with E-state index in [1.807, 2.05) is 0 Å². The molecule has 56 valence electrons. The maximum Gasteiger partial charge on any atom is 0.0436 e. The van der Waals surface area contributed by atoms with Gasteiger partial charge in [-0.1, -0.05) is 0 Å². The smallest absolute Gasteiger partial charge is 0.0436 e. The third kappa shape index (κ3) is 0.509. The van der Waals surface area contributed by atoms with Crippen LogP contribution < -0.4 is 21.7 Å². The molecule has 3 fully saturated rings. The monoisotopic (exact) mass is 140 g/mol. The van der Waals surface area contributed by atoms with Gasteiger partial charge >= 0.3 is 0 Å². The third-order valence-electron chi connectivity index (χ3n) is 2.98. The highest BCUT2D eigenvalue weighted by atomic mass is 15.5. The van der Waals surface area contributed by atoms with Crippen molar-refractivity contribution in [2.24, 2.45) is 5.92 Å². The van der Waals surface area contributed by atoms with Crippen molar-refractivity contribution in [3.05, 3.63) is 0 Å². The van der Waals surface area contributed by atoms with E-state index < -0.39 is 0 Å². The van der Waals surface area contributed by atoms with E-state index in [4.69, 9.17) is 0 Å². The number of hydrogen-bond acceptors (Lipinski definition) is 4. The van der Waals surface area contributed by atoms with Crippen LogP contribution in [0.4, 0.5) is 0 Å². The van der Waals surface area contributed by atoms with E-state index in [1.54, 1.807) is 0 Å². The topological polar surface area (TPSA) is 48.1 Å². The normalized spacial score (nSPS) is 57.6. The second-order valence-corrected chi connectivity index (χ2v) is 3.45. The zero-order chi connectivity index (χ0) is 6.55. The molecule has 3 aliphatic rings. The van der Waals surface area contributed by atoms with Gasteiger partial charge in [0.2, 0.25) is 0 Å². The summed E-state index contributed by atoms with van der Waals surface area (Å²) in [6.07, 6.45) is 1.30. The summed E-state index contributed by atoms with van der Waals surface area (Å²) in [4.78, 5) is 0. The minimum absolute atomic E-state index is 0.657. The summed E-state index contributed by atoms with van der Waals surface area (Å²) in [5.41, 5.74) is 13.1. The van der Waals surface area contributed by atoms with E-state index in [1.165, 1.54) is 6.42 Å². The first-order valence-electron chi connectivity index (χ1n) is 3.94. The zero-order valence-corrected chi connectivity index (χ0v) is 5.72. The Morgan fingerprint density at radius 3 is 2.80 bits per heavy atom. The summed E-state index contributed by atoms with van der Waals surface area (Å²) in [7, 11) is 0. The lowest BCUT2D eigenvalue weighted by molar-refractivity contribution is 0.310. The summed E-state index contributed by atoms with van der Waals surface area (Å²) in [6, 6.07) is 2.04. The van der Waals surface area contributed by atoms with Gasteiger partial charge in [-0.05, 0) is 6.42 Å². The van der Waals surface area contributed by atoms with Gasteiger partial charge < -0.3 is 0 Å². The van der Waals surface area contributed by atoms with Crippen LogP contribution in [0.2, 0.25) is 0 Å². The van der Waals surface area contributed by atoms with Crippen molar-refractivity contribution >= 4 is 0 Å². The first kappa shape index (κ1) is 5.49. The van der Waals surface area contributed by atoms with Crippen LogP contribution in [0.1, 0.15) is 6.42 Å². The molecule has 2 aliphatic heterocycles.